The van der Waals surface area contributed by atoms with E-state index in [0.29, 0.717) is 39.4 Å². The van der Waals surface area contributed by atoms with Crippen molar-refractivity contribution in [1.82, 2.24) is 10.3 Å². The molecule has 1 aromatic heterocycles. The number of hydrogen-bond donors (Lipinski definition) is 2. The summed E-state index contributed by atoms with van der Waals surface area (Å²) in [6.45, 7) is 0. The van der Waals surface area contributed by atoms with Crippen molar-refractivity contribution in [2.75, 3.05) is 19.5 Å². The molecular formula is C25H19FIN3O4S. The molecule has 0 bridgehead atoms. The predicted molar refractivity (Wildman–Crippen MR) is 144 cm³/mol. The molecule has 2 N–H and O–H groups in total. The summed E-state index contributed by atoms with van der Waals surface area (Å²) in [6.07, 6.45) is 1.56. The summed E-state index contributed by atoms with van der Waals surface area (Å²) in [6, 6.07) is 16.4. The van der Waals surface area contributed by atoms with Gasteiger partial charge in [-0.05, 0) is 83.3 Å². The first-order chi connectivity index (χ1) is 16.9. The number of thiocarbonyl (C=S) groups is 1. The van der Waals surface area contributed by atoms with Crippen LogP contribution in [0.25, 0.3) is 10.9 Å². The van der Waals surface area contributed by atoms with Gasteiger partial charge in [0.05, 0.1) is 19.7 Å². The van der Waals surface area contributed by atoms with Crippen LogP contribution in [0, 0.1) is 9.39 Å². The number of halogens is 2. The average molecular weight is 603 g/mol. The van der Waals surface area contributed by atoms with E-state index in [1.807, 2.05) is 12.1 Å². The number of carbonyl (C=O) groups is 1. The monoisotopic (exact) mass is 603 g/mol. The van der Waals surface area contributed by atoms with Crippen LogP contribution < -0.4 is 24.8 Å². The minimum absolute atomic E-state index is 0.00618. The molecular weight excluding hydrogens is 584 g/mol. The highest BCUT2D eigenvalue weighted by Crippen LogP contribution is 2.37. The van der Waals surface area contributed by atoms with Crippen molar-refractivity contribution in [2.24, 2.45) is 0 Å². The normalized spacial score (nSPS) is 10.5. The quantitative estimate of drug-likeness (QED) is 0.209. The third kappa shape index (κ3) is 5.77. The maximum absolute atomic E-state index is 14.9. The van der Waals surface area contributed by atoms with Crippen LogP contribution >= 0.6 is 34.8 Å². The molecule has 4 rings (SSSR count). The molecule has 0 unspecified atom stereocenters. The number of benzene rings is 3. The standard InChI is InChI=1S/C25H19FIN3O4S/c1-32-22-12-17-19(13-23(22)33-2)28-10-9-20(17)34-21-8-7-16(11-18(21)26)29-25(35)30-24(31)14-3-5-15(27)6-4-14/h3-13H,1-2H3,(H2,29,30,31,35). The van der Waals surface area contributed by atoms with Gasteiger partial charge in [-0.3, -0.25) is 15.1 Å². The number of anilines is 1. The SMILES string of the molecule is COc1cc2nccc(Oc3ccc(NC(=S)NC(=O)c4ccc(I)cc4)cc3F)c2cc1OC. The van der Waals surface area contributed by atoms with Gasteiger partial charge in [-0.25, -0.2) is 4.39 Å². The Bertz CT molecular complexity index is 1420. The molecule has 35 heavy (non-hydrogen) atoms. The Morgan fingerprint density at radius 1 is 0.943 bits per heavy atom. The van der Waals surface area contributed by atoms with Crippen molar-refractivity contribution >= 4 is 62.4 Å². The number of amides is 1. The molecule has 1 amide bonds. The predicted octanol–water partition coefficient (Wildman–Crippen LogP) is 5.91. The van der Waals surface area contributed by atoms with E-state index in [1.165, 1.54) is 26.4 Å². The van der Waals surface area contributed by atoms with E-state index < -0.39 is 5.82 Å². The summed E-state index contributed by atoms with van der Waals surface area (Å²) in [5.41, 5.74) is 1.42. The van der Waals surface area contributed by atoms with E-state index in [-0.39, 0.29) is 16.8 Å². The van der Waals surface area contributed by atoms with Gasteiger partial charge in [0, 0.05) is 38.5 Å². The Labute approximate surface area is 219 Å². The number of ether oxygens (including phenoxy) is 3. The largest absolute Gasteiger partial charge is 0.493 e. The highest BCUT2D eigenvalue weighted by atomic mass is 127. The molecule has 10 heteroatoms. The molecule has 0 aliphatic carbocycles. The number of nitrogens with zero attached hydrogens (tertiary/aromatic N) is 1. The summed E-state index contributed by atoms with van der Waals surface area (Å²) in [5.74, 6) is 0.445. The van der Waals surface area contributed by atoms with Gasteiger partial charge in [0.1, 0.15) is 5.75 Å². The number of nitrogens with one attached hydrogen (secondary N) is 2. The molecule has 0 atom stereocenters. The van der Waals surface area contributed by atoms with Crippen LogP contribution in [-0.4, -0.2) is 30.2 Å². The number of rotatable bonds is 6. The van der Waals surface area contributed by atoms with Crippen molar-refractivity contribution in [2.45, 2.75) is 0 Å². The third-order valence-corrected chi connectivity index (χ3v) is 5.87. The van der Waals surface area contributed by atoms with E-state index in [9.17, 15) is 9.18 Å². The number of aromatic nitrogens is 1. The lowest BCUT2D eigenvalue weighted by Crippen LogP contribution is -2.34. The topological polar surface area (TPSA) is 81.7 Å². The molecule has 0 aliphatic rings. The summed E-state index contributed by atoms with van der Waals surface area (Å²) in [7, 11) is 3.06. The smallest absolute Gasteiger partial charge is 0.257 e. The molecule has 0 aliphatic heterocycles. The van der Waals surface area contributed by atoms with Crippen LogP contribution in [0.4, 0.5) is 10.1 Å². The zero-order valence-electron chi connectivity index (χ0n) is 18.6. The number of hydrogen-bond acceptors (Lipinski definition) is 6. The van der Waals surface area contributed by atoms with Crippen LogP contribution in [0.1, 0.15) is 10.4 Å². The van der Waals surface area contributed by atoms with Crippen LogP contribution in [0.2, 0.25) is 0 Å². The second-order valence-corrected chi connectivity index (χ2v) is 8.85. The lowest BCUT2D eigenvalue weighted by Gasteiger charge is -2.14. The fourth-order valence-corrected chi connectivity index (χ4v) is 3.83. The molecule has 0 spiro atoms. The van der Waals surface area contributed by atoms with Gasteiger partial charge in [-0.15, -0.1) is 0 Å². The molecule has 4 aromatic rings. The summed E-state index contributed by atoms with van der Waals surface area (Å²) in [4.78, 5) is 16.6. The number of carbonyl (C=O) groups excluding carboxylic acids is 1. The summed E-state index contributed by atoms with van der Waals surface area (Å²) >= 11 is 7.34. The van der Waals surface area contributed by atoms with Gasteiger partial charge in [0.25, 0.3) is 5.91 Å². The Morgan fingerprint density at radius 3 is 2.34 bits per heavy atom. The first-order valence-corrected chi connectivity index (χ1v) is 11.7. The van der Waals surface area contributed by atoms with Crippen LogP contribution in [0.15, 0.2) is 66.9 Å². The van der Waals surface area contributed by atoms with Crippen molar-refractivity contribution in [3.05, 3.63) is 81.8 Å². The lowest BCUT2D eigenvalue weighted by molar-refractivity contribution is 0.0977. The second kappa shape index (κ2) is 10.8. The fourth-order valence-electron chi connectivity index (χ4n) is 3.26. The van der Waals surface area contributed by atoms with Gasteiger partial charge in [0.2, 0.25) is 0 Å². The first-order valence-electron chi connectivity index (χ1n) is 10.2. The van der Waals surface area contributed by atoms with E-state index in [2.05, 4.69) is 38.2 Å². The Balaban J connectivity index is 1.48. The van der Waals surface area contributed by atoms with Gasteiger partial charge in [0.15, 0.2) is 28.2 Å². The van der Waals surface area contributed by atoms with Gasteiger partial charge < -0.3 is 19.5 Å². The first kappa shape index (κ1) is 24.6. The van der Waals surface area contributed by atoms with E-state index in [0.717, 1.165) is 3.57 Å². The summed E-state index contributed by atoms with van der Waals surface area (Å²) < 4.78 is 32.4. The minimum atomic E-state index is -0.618. The average Bonchev–Trinajstić information content (AvgIpc) is 2.85. The highest BCUT2D eigenvalue weighted by molar-refractivity contribution is 14.1. The van der Waals surface area contributed by atoms with Gasteiger partial charge >= 0.3 is 0 Å². The zero-order chi connectivity index (χ0) is 24.9. The third-order valence-electron chi connectivity index (χ3n) is 4.95. The van der Waals surface area contributed by atoms with E-state index in [1.54, 1.807) is 42.6 Å². The minimum Gasteiger partial charge on any atom is -0.493 e. The molecule has 178 valence electrons. The van der Waals surface area contributed by atoms with Gasteiger partial charge in [-0.1, -0.05) is 0 Å². The molecule has 0 fully saturated rings. The van der Waals surface area contributed by atoms with Crippen molar-refractivity contribution in [3.8, 4) is 23.0 Å². The maximum Gasteiger partial charge on any atom is 0.257 e. The molecule has 0 saturated heterocycles. The van der Waals surface area contributed by atoms with E-state index >= 15 is 0 Å². The molecule has 1 heterocycles. The van der Waals surface area contributed by atoms with Crippen molar-refractivity contribution in [3.63, 3.8) is 0 Å². The van der Waals surface area contributed by atoms with E-state index in [4.69, 9.17) is 26.4 Å². The van der Waals surface area contributed by atoms with Crippen molar-refractivity contribution < 1.29 is 23.4 Å². The number of fused-ring (bicyclic) bond motifs is 1. The zero-order valence-corrected chi connectivity index (χ0v) is 21.6. The molecule has 0 radical (unpaired) electrons. The molecule has 7 nitrogen and oxygen atoms in total. The number of pyridine rings is 1. The second-order valence-electron chi connectivity index (χ2n) is 7.20. The highest BCUT2D eigenvalue weighted by Gasteiger charge is 2.14. The van der Waals surface area contributed by atoms with Crippen molar-refractivity contribution in [1.29, 1.82) is 0 Å². The Morgan fingerprint density at radius 2 is 1.66 bits per heavy atom. The van der Waals surface area contributed by atoms with Crippen LogP contribution in [-0.2, 0) is 0 Å². The van der Waals surface area contributed by atoms with Gasteiger partial charge in [-0.2, -0.15) is 0 Å². The maximum atomic E-state index is 14.9. The van der Waals surface area contributed by atoms with Crippen LogP contribution in [0.5, 0.6) is 23.0 Å². The fraction of sp³-hybridized carbons (Fsp3) is 0.0800. The Kier molecular flexibility index (Phi) is 7.61. The number of methoxy groups -OCH3 is 2. The van der Waals surface area contributed by atoms with Crippen LogP contribution in [0.3, 0.4) is 0 Å². The lowest BCUT2D eigenvalue weighted by atomic mass is 10.2. The Hall–Kier alpha value is -3.51. The molecule has 0 saturated carbocycles. The summed E-state index contributed by atoms with van der Waals surface area (Å²) in [5, 5.41) is 6.05. The molecule has 3 aromatic carbocycles.